The van der Waals surface area contributed by atoms with Crippen LogP contribution in [0.5, 0.6) is 11.5 Å². The molecule has 1 unspecified atom stereocenters. The average Bonchev–Trinajstić information content (AvgIpc) is 2.71. The summed E-state index contributed by atoms with van der Waals surface area (Å²) in [6.07, 6.45) is 1.75. The van der Waals surface area contributed by atoms with Gasteiger partial charge in [-0.15, -0.1) is 0 Å². The van der Waals surface area contributed by atoms with Crippen LogP contribution in [0.15, 0.2) is 41.0 Å². The monoisotopic (exact) mass is 335 g/mol. The normalized spacial score (nSPS) is 15.5. The van der Waals surface area contributed by atoms with E-state index in [1.807, 2.05) is 24.3 Å². The third kappa shape index (κ3) is 2.78. The fourth-order valence-electron chi connectivity index (χ4n) is 2.07. The van der Waals surface area contributed by atoms with Crippen LogP contribution < -0.4 is 9.47 Å². The van der Waals surface area contributed by atoms with Crippen molar-refractivity contribution in [2.45, 2.75) is 12.5 Å². The Morgan fingerprint density at radius 1 is 1.10 bits per heavy atom. The number of pyridine rings is 1. The highest BCUT2D eigenvalue weighted by Gasteiger charge is 2.16. The first-order valence-corrected chi connectivity index (χ1v) is 7.22. The van der Waals surface area contributed by atoms with Gasteiger partial charge in [0.2, 0.25) is 0 Å². The Bertz CT molecular complexity index is 601. The first kappa shape index (κ1) is 13.4. The molecule has 0 saturated carbocycles. The van der Waals surface area contributed by atoms with Gasteiger partial charge in [-0.1, -0.05) is 6.07 Å². The second-order valence-electron chi connectivity index (χ2n) is 4.56. The minimum absolute atomic E-state index is 0.600. The van der Waals surface area contributed by atoms with E-state index in [9.17, 15) is 5.11 Å². The molecule has 5 heteroatoms. The molecular weight excluding hydrogens is 322 g/mol. The highest BCUT2D eigenvalue weighted by molar-refractivity contribution is 9.10. The molecule has 0 spiro atoms. The lowest BCUT2D eigenvalue weighted by Gasteiger charge is -2.13. The number of aliphatic hydroxyl groups is 1. The predicted molar refractivity (Wildman–Crippen MR) is 78.0 cm³/mol. The molecule has 0 radical (unpaired) electrons. The van der Waals surface area contributed by atoms with Gasteiger partial charge >= 0.3 is 0 Å². The van der Waals surface area contributed by atoms with Crippen LogP contribution in [0.25, 0.3) is 0 Å². The number of hydrogen-bond acceptors (Lipinski definition) is 4. The molecule has 1 aromatic carbocycles. The third-order valence-corrected chi connectivity index (χ3v) is 3.59. The molecule has 0 bridgehead atoms. The number of hydrogen-bond donors (Lipinski definition) is 1. The zero-order valence-electron chi connectivity index (χ0n) is 10.8. The predicted octanol–water partition coefficient (Wildman–Crippen LogP) is 3.09. The van der Waals surface area contributed by atoms with Crippen molar-refractivity contribution in [1.29, 1.82) is 0 Å². The lowest BCUT2D eigenvalue weighted by Crippen LogP contribution is -2.03. The Morgan fingerprint density at radius 2 is 1.90 bits per heavy atom. The van der Waals surface area contributed by atoms with Crippen LogP contribution in [-0.2, 0) is 0 Å². The first-order chi connectivity index (χ1) is 9.74. The molecule has 0 fully saturated rings. The Kier molecular flexibility index (Phi) is 3.89. The Hall–Kier alpha value is -1.59. The lowest BCUT2D eigenvalue weighted by atomic mass is 10.1. The number of nitrogens with zero attached hydrogens (tertiary/aromatic N) is 1. The first-order valence-electron chi connectivity index (χ1n) is 6.43. The molecule has 0 amide bonds. The van der Waals surface area contributed by atoms with Crippen LogP contribution in [0.4, 0.5) is 0 Å². The van der Waals surface area contributed by atoms with Crippen molar-refractivity contribution in [2.75, 3.05) is 13.2 Å². The summed E-state index contributed by atoms with van der Waals surface area (Å²) in [5, 5.41) is 10.4. The zero-order valence-corrected chi connectivity index (χ0v) is 12.3. The van der Waals surface area contributed by atoms with Crippen LogP contribution in [0.2, 0.25) is 0 Å². The number of fused-ring (bicyclic) bond motifs is 1. The van der Waals surface area contributed by atoms with E-state index in [2.05, 4.69) is 20.9 Å². The number of benzene rings is 1. The van der Waals surface area contributed by atoms with E-state index in [4.69, 9.17) is 9.47 Å². The van der Waals surface area contributed by atoms with Gasteiger partial charge in [0.05, 0.1) is 18.9 Å². The number of ether oxygens (including phenoxy) is 2. The van der Waals surface area contributed by atoms with Crippen LogP contribution >= 0.6 is 15.9 Å². The largest absolute Gasteiger partial charge is 0.490 e. The van der Waals surface area contributed by atoms with Gasteiger partial charge in [0.15, 0.2) is 11.5 Å². The van der Waals surface area contributed by atoms with Crippen molar-refractivity contribution < 1.29 is 14.6 Å². The SMILES string of the molecule is OC(c1ccc2c(c1)OCCCO2)c1ccc(Br)cn1. The lowest BCUT2D eigenvalue weighted by molar-refractivity contribution is 0.214. The number of aromatic nitrogens is 1. The van der Waals surface area contributed by atoms with Gasteiger partial charge in [-0.25, -0.2) is 0 Å². The van der Waals surface area contributed by atoms with E-state index in [1.165, 1.54) is 0 Å². The smallest absolute Gasteiger partial charge is 0.161 e. The molecule has 1 atom stereocenters. The molecule has 1 aromatic heterocycles. The highest BCUT2D eigenvalue weighted by atomic mass is 79.9. The van der Waals surface area contributed by atoms with Crippen LogP contribution in [0.1, 0.15) is 23.8 Å². The van der Waals surface area contributed by atoms with Crippen LogP contribution in [0, 0.1) is 0 Å². The van der Waals surface area contributed by atoms with Gasteiger partial charge in [-0.3, -0.25) is 4.98 Å². The molecular formula is C15H14BrNO3. The van der Waals surface area contributed by atoms with Crippen molar-refractivity contribution in [1.82, 2.24) is 4.98 Å². The number of halogens is 1. The van der Waals surface area contributed by atoms with Crippen molar-refractivity contribution in [3.8, 4) is 11.5 Å². The maximum Gasteiger partial charge on any atom is 0.161 e. The summed E-state index contributed by atoms with van der Waals surface area (Å²) in [7, 11) is 0. The summed E-state index contributed by atoms with van der Waals surface area (Å²) < 4.78 is 12.1. The molecule has 3 rings (SSSR count). The van der Waals surface area contributed by atoms with Gasteiger partial charge in [-0.2, -0.15) is 0 Å². The van der Waals surface area contributed by atoms with E-state index < -0.39 is 6.10 Å². The van der Waals surface area contributed by atoms with Crippen molar-refractivity contribution >= 4 is 15.9 Å². The molecule has 0 saturated heterocycles. The summed E-state index contributed by atoms with van der Waals surface area (Å²) in [5.41, 5.74) is 1.34. The highest BCUT2D eigenvalue weighted by Crippen LogP contribution is 2.33. The summed E-state index contributed by atoms with van der Waals surface area (Å²) in [6, 6.07) is 9.13. The Labute approximate surface area is 125 Å². The summed E-state index contributed by atoms with van der Waals surface area (Å²) in [5.74, 6) is 1.40. The molecule has 1 aliphatic rings. The van der Waals surface area contributed by atoms with Crippen molar-refractivity contribution in [3.63, 3.8) is 0 Å². The average molecular weight is 336 g/mol. The zero-order chi connectivity index (χ0) is 13.9. The Balaban J connectivity index is 1.90. The minimum Gasteiger partial charge on any atom is -0.490 e. The molecule has 20 heavy (non-hydrogen) atoms. The van der Waals surface area contributed by atoms with Crippen molar-refractivity contribution in [2.24, 2.45) is 0 Å². The molecule has 2 heterocycles. The minimum atomic E-state index is -0.778. The van der Waals surface area contributed by atoms with Gasteiger partial charge in [0, 0.05) is 17.1 Å². The van der Waals surface area contributed by atoms with Crippen molar-refractivity contribution in [3.05, 3.63) is 52.3 Å². The fraction of sp³-hybridized carbons (Fsp3) is 0.267. The molecule has 104 valence electrons. The molecule has 1 N–H and O–H groups in total. The topological polar surface area (TPSA) is 51.6 Å². The Morgan fingerprint density at radius 3 is 2.65 bits per heavy atom. The quantitative estimate of drug-likeness (QED) is 0.916. The van der Waals surface area contributed by atoms with Gasteiger partial charge in [-0.05, 0) is 45.8 Å². The van der Waals surface area contributed by atoms with Gasteiger partial charge in [0.25, 0.3) is 0 Å². The van der Waals surface area contributed by atoms with E-state index in [1.54, 1.807) is 12.3 Å². The molecule has 2 aromatic rings. The van der Waals surface area contributed by atoms with E-state index in [0.29, 0.717) is 24.7 Å². The molecule has 1 aliphatic heterocycles. The summed E-state index contributed by atoms with van der Waals surface area (Å²) in [4.78, 5) is 4.22. The molecule has 4 nitrogen and oxygen atoms in total. The van der Waals surface area contributed by atoms with E-state index >= 15 is 0 Å². The summed E-state index contributed by atoms with van der Waals surface area (Å²) in [6.45, 7) is 1.28. The fourth-order valence-corrected chi connectivity index (χ4v) is 2.30. The van der Waals surface area contributed by atoms with E-state index in [-0.39, 0.29) is 0 Å². The van der Waals surface area contributed by atoms with Gasteiger partial charge < -0.3 is 14.6 Å². The second kappa shape index (κ2) is 5.81. The third-order valence-electron chi connectivity index (χ3n) is 3.12. The number of aliphatic hydroxyl groups excluding tert-OH is 1. The van der Waals surface area contributed by atoms with Crippen LogP contribution in [-0.4, -0.2) is 23.3 Å². The number of rotatable bonds is 2. The molecule has 0 aliphatic carbocycles. The standard InChI is InChI=1S/C15H14BrNO3/c16-11-3-4-12(17-9-11)15(18)10-2-5-13-14(8-10)20-7-1-6-19-13/h2-5,8-9,15,18H,1,6-7H2. The maximum absolute atomic E-state index is 10.4. The maximum atomic E-state index is 10.4. The van der Waals surface area contributed by atoms with E-state index in [0.717, 1.165) is 22.2 Å². The second-order valence-corrected chi connectivity index (χ2v) is 5.48. The summed E-state index contributed by atoms with van der Waals surface area (Å²) >= 11 is 3.33. The van der Waals surface area contributed by atoms with Gasteiger partial charge in [0.1, 0.15) is 6.10 Å². The van der Waals surface area contributed by atoms with Crippen LogP contribution in [0.3, 0.4) is 0 Å².